The summed E-state index contributed by atoms with van der Waals surface area (Å²) in [6.07, 6.45) is 4.00. The lowest BCUT2D eigenvalue weighted by Gasteiger charge is -2.56. The van der Waals surface area contributed by atoms with Crippen LogP contribution in [0.3, 0.4) is 0 Å². The summed E-state index contributed by atoms with van der Waals surface area (Å²) in [4.78, 5) is 7.51. The molecule has 4 nitrogen and oxygen atoms in total. The van der Waals surface area contributed by atoms with Gasteiger partial charge in [0.05, 0.1) is 6.07 Å². The van der Waals surface area contributed by atoms with Gasteiger partial charge in [-0.05, 0) is 19.3 Å². The van der Waals surface area contributed by atoms with Crippen molar-refractivity contribution in [2.75, 3.05) is 32.7 Å². The fourth-order valence-corrected chi connectivity index (χ4v) is 3.29. The molecule has 0 aromatic carbocycles. The molecule has 15 heavy (non-hydrogen) atoms. The molecular weight excluding hydrogens is 188 g/mol. The van der Waals surface area contributed by atoms with Gasteiger partial charge in [0.15, 0.2) is 0 Å². The second kappa shape index (κ2) is 3.75. The van der Waals surface area contributed by atoms with Crippen molar-refractivity contribution in [3.63, 3.8) is 0 Å². The van der Waals surface area contributed by atoms with Crippen LogP contribution in [-0.2, 0) is 0 Å². The molecule has 4 heteroatoms. The molecule has 3 aliphatic heterocycles. The van der Waals surface area contributed by atoms with Crippen molar-refractivity contribution in [3.05, 3.63) is 0 Å². The van der Waals surface area contributed by atoms with Crippen LogP contribution in [0.2, 0.25) is 0 Å². The zero-order chi connectivity index (χ0) is 10.3. The third-order valence-corrected chi connectivity index (χ3v) is 3.94. The summed E-state index contributed by atoms with van der Waals surface area (Å²) in [6.45, 7) is 5.87. The summed E-state index contributed by atoms with van der Waals surface area (Å²) >= 11 is 0. The predicted octanol–water partition coefficient (Wildman–Crippen LogP) is 0.279. The van der Waals surface area contributed by atoms with E-state index in [4.69, 9.17) is 5.26 Å². The van der Waals surface area contributed by atoms with Crippen molar-refractivity contribution in [2.45, 2.75) is 31.6 Å². The highest BCUT2D eigenvalue weighted by atomic mass is 15.5. The van der Waals surface area contributed by atoms with E-state index >= 15 is 0 Å². The maximum atomic E-state index is 9.16. The van der Waals surface area contributed by atoms with Gasteiger partial charge >= 0.3 is 0 Å². The Morgan fingerprint density at radius 1 is 0.933 bits per heavy atom. The lowest BCUT2D eigenvalue weighted by Crippen LogP contribution is -2.69. The molecule has 0 bridgehead atoms. The van der Waals surface area contributed by atoms with Crippen LogP contribution in [-0.4, -0.2) is 59.8 Å². The second-order valence-corrected chi connectivity index (χ2v) is 4.80. The first-order valence-electron chi connectivity index (χ1n) is 6.03. The number of nitriles is 1. The summed E-state index contributed by atoms with van der Waals surface area (Å²) in [5.74, 6) is 0. The van der Waals surface area contributed by atoms with Crippen LogP contribution in [0.1, 0.15) is 19.3 Å². The van der Waals surface area contributed by atoms with Crippen molar-refractivity contribution in [1.82, 2.24) is 14.7 Å². The topological polar surface area (TPSA) is 33.5 Å². The Labute approximate surface area is 91.0 Å². The van der Waals surface area contributed by atoms with Crippen molar-refractivity contribution < 1.29 is 0 Å². The zero-order valence-corrected chi connectivity index (χ0v) is 9.10. The number of hydrogen-bond donors (Lipinski definition) is 0. The number of rotatable bonds is 0. The third-order valence-electron chi connectivity index (χ3n) is 3.94. The SMILES string of the molecule is N#C[C@@H]1CCN2CCCN3CCCN1[C@H]32. The normalized spacial score (nSPS) is 38.3. The highest BCUT2D eigenvalue weighted by molar-refractivity contribution is 5.00. The first-order chi connectivity index (χ1) is 7.40. The summed E-state index contributed by atoms with van der Waals surface area (Å²) < 4.78 is 0. The molecule has 0 aromatic heterocycles. The lowest BCUT2D eigenvalue weighted by molar-refractivity contribution is -0.152. The Hall–Kier alpha value is -0.630. The van der Waals surface area contributed by atoms with E-state index in [1.54, 1.807) is 0 Å². The molecule has 0 spiro atoms. The van der Waals surface area contributed by atoms with E-state index in [0.717, 1.165) is 19.5 Å². The molecule has 0 radical (unpaired) electrons. The molecule has 0 aromatic rings. The molecule has 3 rings (SSSR count). The molecule has 0 saturated carbocycles. The van der Waals surface area contributed by atoms with Gasteiger partial charge in [-0.3, -0.25) is 14.7 Å². The van der Waals surface area contributed by atoms with E-state index < -0.39 is 0 Å². The first kappa shape index (κ1) is 9.59. The van der Waals surface area contributed by atoms with Crippen molar-refractivity contribution in [3.8, 4) is 6.07 Å². The van der Waals surface area contributed by atoms with E-state index in [0.29, 0.717) is 6.29 Å². The van der Waals surface area contributed by atoms with Crippen LogP contribution in [0.4, 0.5) is 0 Å². The summed E-state index contributed by atoms with van der Waals surface area (Å²) in [7, 11) is 0. The van der Waals surface area contributed by atoms with Gasteiger partial charge in [0.2, 0.25) is 0 Å². The van der Waals surface area contributed by atoms with E-state index in [2.05, 4.69) is 20.8 Å². The smallest absolute Gasteiger partial charge is 0.120 e. The minimum atomic E-state index is 0.159. The minimum absolute atomic E-state index is 0.159. The van der Waals surface area contributed by atoms with Gasteiger partial charge in [-0.15, -0.1) is 0 Å². The average Bonchev–Trinajstić information content (AvgIpc) is 2.30. The number of nitrogens with zero attached hydrogens (tertiary/aromatic N) is 4. The molecule has 3 heterocycles. The monoisotopic (exact) mass is 206 g/mol. The minimum Gasteiger partial charge on any atom is -0.275 e. The molecule has 3 fully saturated rings. The van der Waals surface area contributed by atoms with Crippen LogP contribution in [0, 0.1) is 11.3 Å². The van der Waals surface area contributed by atoms with E-state index in [9.17, 15) is 0 Å². The molecule has 0 amide bonds. The van der Waals surface area contributed by atoms with Crippen LogP contribution in [0.25, 0.3) is 0 Å². The third kappa shape index (κ3) is 1.46. The predicted molar refractivity (Wildman–Crippen MR) is 56.9 cm³/mol. The molecule has 82 valence electrons. The maximum absolute atomic E-state index is 9.16. The zero-order valence-electron chi connectivity index (χ0n) is 9.10. The average molecular weight is 206 g/mol. The van der Waals surface area contributed by atoms with Crippen molar-refractivity contribution in [2.24, 2.45) is 0 Å². The highest BCUT2D eigenvalue weighted by Crippen LogP contribution is 2.29. The fraction of sp³-hybridized carbons (Fsp3) is 0.909. The van der Waals surface area contributed by atoms with Gasteiger partial charge in [-0.25, -0.2) is 0 Å². The quantitative estimate of drug-likeness (QED) is 0.570. The Bertz CT molecular complexity index is 276. The lowest BCUT2D eigenvalue weighted by atomic mass is 10.0. The molecule has 3 saturated heterocycles. The van der Waals surface area contributed by atoms with Crippen LogP contribution in [0.15, 0.2) is 0 Å². The Balaban J connectivity index is 1.86. The molecule has 0 N–H and O–H groups in total. The molecule has 3 aliphatic rings. The van der Waals surface area contributed by atoms with Gasteiger partial charge in [-0.2, -0.15) is 5.26 Å². The van der Waals surface area contributed by atoms with E-state index in [1.807, 2.05) is 0 Å². The first-order valence-corrected chi connectivity index (χ1v) is 6.03. The van der Waals surface area contributed by atoms with Gasteiger partial charge in [0, 0.05) is 32.7 Å². The second-order valence-electron chi connectivity index (χ2n) is 4.80. The molecule has 0 aliphatic carbocycles. The van der Waals surface area contributed by atoms with Gasteiger partial charge in [0.25, 0.3) is 0 Å². The summed E-state index contributed by atoms with van der Waals surface area (Å²) in [5.41, 5.74) is 0. The summed E-state index contributed by atoms with van der Waals surface area (Å²) in [6, 6.07) is 2.62. The van der Waals surface area contributed by atoms with E-state index in [1.165, 1.54) is 32.5 Å². The van der Waals surface area contributed by atoms with Crippen molar-refractivity contribution >= 4 is 0 Å². The van der Waals surface area contributed by atoms with Crippen LogP contribution >= 0.6 is 0 Å². The van der Waals surface area contributed by atoms with E-state index in [-0.39, 0.29) is 6.04 Å². The Morgan fingerprint density at radius 2 is 1.60 bits per heavy atom. The standard InChI is InChI=1S/C11H18N4/c12-9-10-3-8-14-5-1-4-13-6-2-7-15(10)11(13)14/h10-11H,1-8H2/t10-,11+/m0/s1. The van der Waals surface area contributed by atoms with Gasteiger partial charge in [-0.1, -0.05) is 0 Å². The molecular formula is C11H18N4. The largest absolute Gasteiger partial charge is 0.275 e. The fourth-order valence-electron chi connectivity index (χ4n) is 3.29. The molecule has 0 unspecified atom stereocenters. The Morgan fingerprint density at radius 3 is 2.33 bits per heavy atom. The highest BCUT2D eigenvalue weighted by Gasteiger charge is 2.42. The number of hydrogen-bond acceptors (Lipinski definition) is 4. The Kier molecular flexibility index (Phi) is 2.39. The molecule has 2 atom stereocenters. The van der Waals surface area contributed by atoms with Gasteiger partial charge < -0.3 is 0 Å². The van der Waals surface area contributed by atoms with Gasteiger partial charge in [0.1, 0.15) is 12.3 Å². The van der Waals surface area contributed by atoms with Crippen LogP contribution in [0.5, 0.6) is 0 Å². The van der Waals surface area contributed by atoms with Crippen LogP contribution < -0.4 is 0 Å². The maximum Gasteiger partial charge on any atom is 0.120 e. The summed E-state index contributed by atoms with van der Waals surface area (Å²) in [5, 5.41) is 9.16. The van der Waals surface area contributed by atoms with Crippen molar-refractivity contribution in [1.29, 1.82) is 5.26 Å².